The van der Waals surface area contributed by atoms with Crippen molar-refractivity contribution < 1.29 is 14.4 Å². The number of fused-ring (bicyclic) bond motifs is 1. The van der Waals surface area contributed by atoms with Crippen LogP contribution in [0.15, 0.2) is 30.6 Å². The van der Waals surface area contributed by atoms with E-state index < -0.39 is 6.04 Å². The van der Waals surface area contributed by atoms with Crippen molar-refractivity contribution in [1.29, 1.82) is 0 Å². The molecule has 3 amide bonds. The molecule has 0 bridgehead atoms. The van der Waals surface area contributed by atoms with E-state index >= 15 is 0 Å². The smallest absolute Gasteiger partial charge is 0.255 e. The maximum Gasteiger partial charge on any atom is 0.255 e. The van der Waals surface area contributed by atoms with Crippen LogP contribution in [0.2, 0.25) is 0 Å². The van der Waals surface area contributed by atoms with Gasteiger partial charge in [-0.25, -0.2) is 0 Å². The summed E-state index contributed by atoms with van der Waals surface area (Å²) in [7, 11) is 1.90. The topological polar surface area (TPSA) is 114 Å². The minimum absolute atomic E-state index is 0.0302. The molecule has 2 fully saturated rings. The predicted octanol–water partition coefficient (Wildman–Crippen LogP) is 0.108. The highest BCUT2D eigenvalue weighted by molar-refractivity contribution is 6.05. The Labute approximate surface area is 180 Å². The number of nitrogens with zero attached hydrogens (tertiary/aromatic N) is 4. The molecule has 0 spiro atoms. The van der Waals surface area contributed by atoms with Crippen LogP contribution >= 0.6 is 0 Å². The van der Waals surface area contributed by atoms with Crippen LogP contribution in [-0.4, -0.2) is 62.5 Å². The first-order valence-electron chi connectivity index (χ1n) is 10.6. The van der Waals surface area contributed by atoms with Crippen molar-refractivity contribution in [3.63, 3.8) is 0 Å². The fraction of sp³-hybridized carbons (Fsp3) is 0.455. The maximum atomic E-state index is 13.0. The minimum Gasteiger partial charge on any atom is -0.326 e. The molecule has 3 aliphatic heterocycles. The average Bonchev–Trinajstić information content (AvgIpc) is 3.40. The average molecular weight is 422 g/mol. The zero-order valence-electron chi connectivity index (χ0n) is 17.5. The zero-order valence-corrected chi connectivity index (χ0v) is 17.5. The number of hydrogen-bond acceptors (Lipinski definition) is 6. The molecule has 2 aromatic rings. The van der Waals surface area contributed by atoms with Gasteiger partial charge in [-0.05, 0) is 29.2 Å². The quantitative estimate of drug-likeness (QED) is 0.676. The molecule has 162 valence electrons. The lowest BCUT2D eigenvalue weighted by Crippen LogP contribution is -2.52. The summed E-state index contributed by atoms with van der Waals surface area (Å²) < 4.78 is 1.80. The Morgan fingerprint density at radius 2 is 2.06 bits per heavy atom. The summed E-state index contributed by atoms with van der Waals surface area (Å²) in [5.74, 6) is -0.576. The molecule has 0 radical (unpaired) electrons. The lowest BCUT2D eigenvalue weighted by atomic mass is 9.98. The van der Waals surface area contributed by atoms with Gasteiger partial charge in [0.05, 0.1) is 6.20 Å². The van der Waals surface area contributed by atoms with Gasteiger partial charge in [0.2, 0.25) is 11.8 Å². The number of imide groups is 1. The van der Waals surface area contributed by atoms with E-state index in [0.29, 0.717) is 25.1 Å². The summed E-state index contributed by atoms with van der Waals surface area (Å²) in [6.45, 7) is 2.70. The fourth-order valence-corrected chi connectivity index (χ4v) is 5.07. The Bertz CT molecular complexity index is 1060. The van der Waals surface area contributed by atoms with E-state index in [-0.39, 0.29) is 36.1 Å². The van der Waals surface area contributed by atoms with E-state index in [9.17, 15) is 14.4 Å². The van der Waals surface area contributed by atoms with Crippen LogP contribution in [-0.2, 0) is 29.7 Å². The SMILES string of the molecule is Cn1cc([C@@H]2CN(Cc3cccc4c3CN(C3CCC(=O)NC3=O)C4=O)C[C@H]2N)cn1. The predicted molar refractivity (Wildman–Crippen MR) is 112 cm³/mol. The van der Waals surface area contributed by atoms with Crippen LogP contribution < -0.4 is 11.1 Å². The van der Waals surface area contributed by atoms with Crippen LogP contribution in [0.1, 0.15) is 45.8 Å². The van der Waals surface area contributed by atoms with Crippen LogP contribution in [0.4, 0.5) is 0 Å². The van der Waals surface area contributed by atoms with E-state index in [1.165, 1.54) is 0 Å². The number of piperidine rings is 1. The number of carbonyl (C=O) groups is 3. The molecule has 3 N–H and O–H groups in total. The van der Waals surface area contributed by atoms with Crippen molar-refractivity contribution in [3.05, 3.63) is 52.8 Å². The summed E-state index contributed by atoms with van der Waals surface area (Å²) in [6.07, 6.45) is 4.52. The monoisotopic (exact) mass is 422 g/mol. The van der Waals surface area contributed by atoms with Crippen molar-refractivity contribution in [2.24, 2.45) is 12.8 Å². The molecule has 1 unspecified atom stereocenters. The molecule has 0 saturated carbocycles. The van der Waals surface area contributed by atoms with Gasteiger partial charge in [0.25, 0.3) is 5.91 Å². The second-order valence-electron chi connectivity index (χ2n) is 8.75. The normalized spacial score (nSPS) is 26.5. The highest BCUT2D eigenvalue weighted by Gasteiger charge is 2.40. The highest BCUT2D eigenvalue weighted by Crippen LogP contribution is 2.32. The van der Waals surface area contributed by atoms with Crippen molar-refractivity contribution in [3.8, 4) is 0 Å². The van der Waals surface area contributed by atoms with Gasteiger partial charge in [0, 0.05) is 63.4 Å². The van der Waals surface area contributed by atoms with E-state index in [2.05, 4.69) is 15.3 Å². The molecule has 3 aliphatic rings. The van der Waals surface area contributed by atoms with Gasteiger partial charge in [0.1, 0.15) is 6.04 Å². The van der Waals surface area contributed by atoms with Crippen molar-refractivity contribution in [2.75, 3.05) is 13.1 Å². The second-order valence-corrected chi connectivity index (χ2v) is 8.75. The molecule has 2 saturated heterocycles. The molecule has 0 aliphatic carbocycles. The number of nitrogens with one attached hydrogen (secondary N) is 1. The Hall–Kier alpha value is -3.04. The largest absolute Gasteiger partial charge is 0.326 e. The molecular weight excluding hydrogens is 396 g/mol. The highest BCUT2D eigenvalue weighted by atomic mass is 16.2. The molecule has 3 atom stereocenters. The molecule has 31 heavy (non-hydrogen) atoms. The third-order valence-corrected chi connectivity index (χ3v) is 6.67. The Kier molecular flexibility index (Phi) is 4.86. The van der Waals surface area contributed by atoms with E-state index in [0.717, 1.165) is 29.8 Å². The standard InChI is InChI=1S/C22H26N6O3/c1-26-8-14(7-24-26)17-10-27(12-18(17)23)9-13-3-2-4-15-16(13)11-28(22(15)31)19-5-6-20(29)25-21(19)30/h2-4,7-8,17-19H,5-6,9-12,23H2,1H3,(H,25,29,30)/t17-,18+,19?/m0/s1. The Balaban J connectivity index is 1.33. The molecular formula is C22H26N6O3. The zero-order chi connectivity index (χ0) is 21.7. The van der Waals surface area contributed by atoms with Crippen molar-refractivity contribution in [1.82, 2.24) is 24.9 Å². The van der Waals surface area contributed by atoms with Crippen LogP contribution in [0.25, 0.3) is 0 Å². The summed E-state index contributed by atoms with van der Waals surface area (Å²) in [5.41, 5.74) is 10.3. The number of nitrogens with two attached hydrogens (primary N) is 1. The number of aryl methyl sites for hydroxylation is 1. The van der Waals surface area contributed by atoms with Crippen LogP contribution in [0.3, 0.4) is 0 Å². The van der Waals surface area contributed by atoms with Gasteiger partial charge < -0.3 is 10.6 Å². The number of aromatic nitrogens is 2. The first-order valence-corrected chi connectivity index (χ1v) is 10.6. The number of likely N-dealkylation sites (tertiary alicyclic amines) is 1. The van der Waals surface area contributed by atoms with Crippen LogP contribution in [0.5, 0.6) is 0 Å². The van der Waals surface area contributed by atoms with Gasteiger partial charge in [-0.15, -0.1) is 0 Å². The molecule has 9 heteroatoms. The third-order valence-electron chi connectivity index (χ3n) is 6.67. The number of hydrogen-bond donors (Lipinski definition) is 2. The summed E-state index contributed by atoms with van der Waals surface area (Å²) >= 11 is 0. The Morgan fingerprint density at radius 1 is 1.23 bits per heavy atom. The lowest BCUT2D eigenvalue weighted by Gasteiger charge is -2.29. The number of rotatable bonds is 4. The molecule has 4 heterocycles. The van der Waals surface area contributed by atoms with Gasteiger partial charge in [0.15, 0.2) is 0 Å². The third kappa shape index (κ3) is 3.53. The summed E-state index contributed by atoms with van der Waals surface area (Å²) in [5, 5.41) is 6.62. The lowest BCUT2D eigenvalue weighted by molar-refractivity contribution is -0.136. The number of benzene rings is 1. The van der Waals surface area contributed by atoms with E-state index in [1.807, 2.05) is 37.6 Å². The maximum absolute atomic E-state index is 13.0. The Morgan fingerprint density at radius 3 is 2.81 bits per heavy atom. The first kappa shape index (κ1) is 19.9. The number of amides is 3. The van der Waals surface area contributed by atoms with E-state index in [1.54, 1.807) is 9.58 Å². The van der Waals surface area contributed by atoms with Crippen molar-refractivity contribution in [2.45, 2.75) is 43.9 Å². The molecule has 1 aromatic carbocycles. The molecule has 1 aromatic heterocycles. The fourth-order valence-electron chi connectivity index (χ4n) is 5.07. The van der Waals surface area contributed by atoms with Crippen LogP contribution in [0, 0.1) is 0 Å². The number of carbonyl (C=O) groups excluding carboxylic acids is 3. The molecule has 9 nitrogen and oxygen atoms in total. The van der Waals surface area contributed by atoms with Gasteiger partial charge in [-0.3, -0.25) is 29.3 Å². The van der Waals surface area contributed by atoms with Gasteiger partial charge in [-0.1, -0.05) is 12.1 Å². The molecule has 5 rings (SSSR count). The first-order chi connectivity index (χ1) is 14.9. The minimum atomic E-state index is -0.597. The van der Waals surface area contributed by atoms with Gasteiger partial charge >= 0.3 is 0 Å². The van der Waals surface area contributed by atoms with Crippen molar-refractivity contribution >= 4 is 17.7 Å². The van der Waals surface area contributed by atoms with Gasteiger partial charge in [-0.2, -0.15) is 5.10 Å². The second kappa shape index (κ2) is 7.58. The summed E-state index contributed by atoms with van der Waals surface area (Å²) in [6, 6.07) is 5.20. The van der Waals surface area contributed by atoms with E-state index in [4.69, 9.17) is 5.73 Å². The summed E-state index contributed by atoms with van der Waals surface area (Å²) in [4.78, 5) is 40.7.